The molecule has 1 aromatic rings. The summed E-state index contributed by atoms with van der Waals surface area (Å²) < 4.78 is 26.0. The van der Waals surface area contributed by atoms with Crippen molar-refractivity contribution in [3.8, 4) is 0 Å². The van der Waals surface area contributed by atoms with Gasteiger partial charge in [-0.2, -0.15) is 0 Å². The molecule has 0 aliphatic carbocycles. The molecule has 4 nitrogen and oxygen atoms in total. The molecule has 1 aromatic carbocycles. The third-order valence-electron chi connectivity index (χ3n) is 3.32. The Morgan fingerprint density at radius 3 is 2.32 bits per heavy atom. The van der Waals surface area contributed by atoms with Crippen molar-refractivity contribution >= 4 is 17.5 Å². The molecule has 0 unspecified atom stereocenters. The molecular weight excluding hydrogens is 290 g/mol. The van der Waals surface area contributed by atoms with E-state index in [2.05, 4.69) is 10.6 Å². The number of hydrogen-bond donors (Lipinski definition) is 2. The number of carbonyl (C=O) groups excluding carboxylic acids is 2. The van der Waals surface area contributed by atoms with Crippen molar-refractivity contribution in [3.63, 3.8) is 0 Å². The van der Waals surface area contributed by atoms with Gasteiger partial charge in [0.15, 0.2) is 11.6 Å². The first-order valence-electron chi connectivity index (χ1n) is 7.19. The Labute approximate surface area is 129 Å². The zero-order chi connectivity index (χ0) is 16.9. The lowest BCUT2D eigenvalue weighted by Crippen LogP contribution is -2.45. The SMILES string of the molecule is CC(C)CCNC(=O)C(C)(C)C(=O)Nc1ccc(F)c(F)c1. The fourth-order valence-corrected chi connectivity index (χ4v) is 1.66. The van der Waals surface area contributed by atoms with Crippen molar-refractivity contribution in [1.82, 2.24) is 5.32 Å². The van der Waals surface area contributed by atoms with E-state index in [0.29, 0.717) is 12.5 Å². The maximum Gasteiger partial charge on any atom is 0.239 e. The average Bonchev–Trinajstić information content (AvgIpc) is 2.42. The number of halogens is 2. The Hall–Kier alpha value is -1.98. The van der Waals surface area contributed by atoms with Crippen LogP contribution in [0.15, 0.2) is 18.2 Å². The Kier molecular flexibility index (Phi) is 6.02. The number of anilines is 1. The van der Waals surface area contributed by atoms with E-state index in [1.807, 2.05) is 13.8 Å². The van der Waals surface area contributed by atoms with Gasteiger partial charge in [-0.1, -0.05) is 13.8 Å². The standard InChI is InChI=1S/C16H22F2N2O2/c1-10(2)7-8-19-14(21)16(3,4)15(22)20-11-5-6-12(17)13(18)9-11/h5-6,9-10H,7-8H2,1-4H3,(H,19,21)(H,20,22). The van der Waals surface area contributed by atoms with Crippen LogP contribution in [0.25, 0.3) is 0 Å². The number of carbonyl (C=O) groups is 2. The molecular formula is C16H22F2N2O2. The van der Waals surface area contributed by atoms with E-state index in [9.17, 15) is 18.4 Å². The van der Waals surface area contributed by atoms with Crippen molar-refractivity contribution in [1.29, 1.82) is 0 Å². The molecule has 2 N–H and O–H groups in total. The molecule has 2 amide bonds. The summed E-state index contributed by atoms with van der Waals surface area (Å²) in [6.07, 6.45) is 0.812. The predicted octanol–water partition coefficient (Wildman–Crippen LogP) is 3.09. The molecule has 0 spiro atoms. The smallest absolute Gasteiger partial charge is 0.239 e. The van der Waals surface area contributed by atoms with E-state index < -0.39 is 28.9 Å². The Morgan fingerprint density at radius 2 is 1.77 bits per heavy atom. The summed E-state index contributed by atoms with van der Waals surface area (Å²) in [4.78, 5) is 24.3. The molecule has 6 heteroatoms. The molecule has 0 bridgehead atoms. The first kappa shape index (κ1) is 18.1. The second-order valence-corrected chi connectivity index (χ2v) is 6.15. The monoisotopic (exact) mass is 312 g/mol. The maximum absolute atomic E-state index is 13.1. The van der Waals surface area contributed by atoms with Crippen LogP contribution < -0.4 is 10.6 Å². The minimum absolute atomic E-state index is 0.104. The predicted molar refractivity (Wildman–Crippen MR) is 81.2 cm³/mol. The molecule has 0 heterocycles. The van der Waals surface area contributed by atoms with Gasteiger partial charge in [0.2, 0.25) is 11.8 Å². The highest BCUT2D eigenvalue weighted by Gasteiger charge is 2.35. The van der Waals surface area contributed by atoms with Crippen LogP contribution in [0, 0.1) is 23.0 Å². The molecule has 22 heavy (non-hydrogen) atoms. The van der Waals surface area contributed by atoms with Crippen LogP contribution in [0.5, 0.6) is 0 Å². The molecule has 0 fully saturated rings. The average molecular weight is 312 g/mol. The third kappa shape index (κ3) is 4.79. The largest absolute Gasteiger partial charge is 0.355 e. The minimum atomic E-state index is -1.32. The van der Waals surface area contributed by atoms with Crippen molar-refractivity contribution < 1.29 is 18.4 Å². The van der Waals surface area contributed by atoms with E-state index in [1.165, 1.54) is 19.9 Å². The van der Waals surface area contributed by atoms with E-state index in [4.69, 9.17) is 0 Å². The molecule has 0 saturated heterocycles. The fraction of sp³-hybridized carbons (Fsp3) is 0.500. The maximum atomic E-state index is 13.1. The molecule has 1 rings (SSSR count). The van der Waals surface area contributed by atoms with Crippen LogP contribution in [0.3, 0.4) is 0 Å². The lowest BCUT2D eigenvalue weighted by molar-refractivity contribution is -0.138. The Balaban J connectivity index is 2.68. The van der Waals surface area contributed by atoms with Gasteiger partial charge in [0.05, 0.1) is 0 Å². The number of rotatable bonds is 6. The topological polar surface area (TPSA) is 58.2 Å². The first-order valence-corrected chi connectivity index (χ1v) is 7.19. The lowest BCUT2D eigenvalue weighted by Gasteiger charge is -2.23. The number of hydrogen-bond acceptors (Lipinski definition) is 2. The highest BCUT2D eigenvalue weighted by Crippen LogP contribution is 2.20. The number of amides is 2. The highest BCUT2D eigenvalue weighted by molar-refractivity contribution is 6.09. The number of nitrogens with one attached hydrogen (secondary N) is 2. The van der Waals surface area contributed by atoms with Gasteiger partial charge in [-0.3, -0.25) is 9.59 Å². The molecule has 0 saturated carbocycles. The summed E-state index contributed by atoms with van der Waals surface area (Å²) in [5, 5.41) is 5.13. The van der Waals surface area contributed by atoms with E-state index in [0.717, 1.165) is 18.6 Å². The van der Waals surface area contributed by atoms with Crippen molar-refractivity contribution in [3.05, 3.63) is 29.8 Å². The van der Waals surface area contributed by atoms with Gasteiger partial charge in [0, 0.05) is 18.3 Å². The quantitative estimate of drug-likeness (QED) is 0.793. The molecule has 0 atom stereocenters. The zero-order valence-corrected chi connectivity index (χ0v) is 13.3. The minimum Gasteiger partial charge on any atom is -0.355 e. The van der Waals surface area contributed by atoms with Gasteiger partial charge in [-0.05, 0) is 38.3 Å². The van der Waals surface area contributed by atoms with Gasteiger partial charge in [0.25, 0.3) is 0 Å². The van der Waals surface area contributed by atoms with Crippen molar-refractivity contribution in [2.45, 2.75) is 34.1 Å². The fourth-order valence-electron chi connectivity index (χ4n) is 1.66. The van der Waals surface area contributed by atoms with Gasteiger partial charge >= 0.3 is 0 Å². The van der Waals surface area contributed by atoms with Gasteiger partial charge < -0.3 is 10.6 Å². The zero-order valence-electron chi connectivity index (χ0n) is 13.3. The molecule has 0 radical (unpaired) electrons. The first-order chi connectivity index (χ1) is 10.1. The normalized spacial score (nSPS) is 11.4. The van der Waals surface area contributed by atoms with Gasteiger partial charge in [-0.15, -0.1) is 0 Å². The van der Waals surface area contributed by atoms with Crippen LogP contribution in [-0.4, -0.2) is 18.4 Å². The highest BCUT2D eigenvalue weighted by atomic mass is 19.2. The molecule has 0 aromatic heterocycles. The molecule has 122 valence electrons. The van der Waals surface area contributed by atoms with Crippen LogP contribution >= 0.6 is 0 Å². The van der Waals surface area contributed by atoms with Crippen molar-refractivity contribution in [2.75, 3.05) is 11.9 Å². The summed E-state index contributed by atoms with van der Waals surface area (Å²) in [6, 6.07) is 3.03. The van der Waals surface area contributed by atoms with Crippen molar-refractivity contribution in [2.24, 2.45) is 11.3 Å². The Morgan fingerprint density at radius 1 is 1.14 bits per heavy atom. The summed E-state index contributed by atoms with van der Waals surface area (Å²) in [6.45, 7) is 7.51. The van der Waals surface area contributed by atoms with Crippen LogP contribution in [0.1, 0.15) is 34.1 Å². The van der Waals surface area contributed by atoms with Crippen LogP contribution in [0.2, 0.25) is 0 Å². The van der Waals surface area contributed by atoms with Gasteiger partial charge in [-0.25, -0.2) is 8.78 Å². The lowest BCUT2D eigenvalue weighted by atomic mass is 9.90. The second kappa shape index (κ2) is 7.33. The van der Waals surface area contributed by atoms with E-state index >= 15 is 0 Å². The van der Waals surface area contributed by atoms with E-state index in [1.54, 1.807) is 0 Å². The molecule has 0 aliphatic rings. The summed E-state index contributed by atoms with van der Waals surface area (Å²) in [5.74, 6) is -2.60. The summed E-state index contributed by atoms with van der Waals surface area (Å²) in [7, 11) is 0. The summed E-state index contributed by atoms with van der Waals surface area (Å²) in [5.41, 5.74) is -1.21. The van der Waals surface area contributed by atoms with E-state index in [-0.39, 0.29) is 5.69 Å². The molecule has 0 aliphatic heterocycles. The Bertz CT molecular complexity index is 557. The van der Waals surface area contributed by atoms with Crippen LogP contribution in [-0.2, 0) is 9.59 Å². The van der Waals surface area contributed by atoms with Gasteiger partial charge in [0.1, 0.15) is 5.41 Å². The summed E-state index contributed by atoms with van der Waals surface area (Å²) >= 11 is 0. The third-order valence-corrected chi connectivity index (χ3v) is 3.32. The second-order valence-electron chi connectivity index (χ2n) is 6.15. The van der Waals surface area contributed by atoms with Crippen LogP contribution in [0.4, 0.5) is 14.5 Å². The number of benzene rings is 1.